The Morgan fingerprint density at radius 1 is 0.758 bits per heavy atom. The maximum absolute atomic E-state index is 12.3. The van der Waals surface area contributed by atoms with E-state index in [-0.39, 0.29) is 16.9 Å². The Morgan fingerprint density at radius 2 is 1.45 bits per heavy atom. The minimum absolute atomic E-state index is 0.0618. The van der Waals surface area contributed by atoms with Crippen LogP contribution in [0.1, 0.15) is 36.7 Å². The van der Waals surface area contributed by atoms with Gasteiger partial charge in [0.05, 0.1) is 14.2 Å². The monoisotopic (exact) mass is 440 g/mol. The Balaban J connectivity index is 1.90. The van der Waals surface area contributed by atoms with Gasteiger partial charge < -0.3 is 14.6 Å². The zero-order chi connectivity index (χ0) is 23.8. The van der Waals surface area contributed by atoms with Gasteiger partial charge in [0.2, 0.25) is 5.75 Å². The maximum Gasteiger partial charge on any atom is 0.203 e. The third kappa shape index (κ3) is 3.93. The van der Waals surface area contributed by atoms with Crippen molar-refractivity contribution in [1.29, 1.82) is 0 Å². The van der Waals surface area contributed by atoms with Crippen molar-refractivity contribution in [3.63, 3.8) is 0 Å². The molecule has 0 aliphatic heterocycles. The second-order valence-electron chi connectivity index (χ2n) is 9.07. The van der Waals surface area contributed by atoms with Crippen LogP contribution in [0.25, 0.3) is 33.0 Å². The molecule has 0 bridgehead atoms. The van der Waals surface area contributed by atoms with Gasteiger partial charge in [0, 0.05) is 11.1 Å². The molecule has 1 N–H and O–H groups in total. The molecule has 4 heteroatoms. The van der Waals surface area contributed by atoms with Crippen LogP contribution in [0.2, 0.25) is 0 Å². The van der Waals surface area contributed by atoms with Gasteiger partial charge in [-0.25, -0.2) is 0 Å². The summed E-state index contributed by atoms with van der Waals surface area (Å²) in [6.07, 6.45) is 0.848. The molecule has 4 nitrogen and oxygen atoms in total. The first-order chi connectivity index (χ1) is 15.8. The number of carbonyl (C=O) groups excluding carboxylic acids is 1. The highest BCUT2D eigenvalue weighted by molar-refractivity contribution is 6.09. The summed E-state index contributed by atoms with van der Waals surface area (Å²) >= 11 is 0. The fourth-order valence-corrected chi connectivity index (χ4v) is 4.27. The van der Waals surface area contributed by atoms with E-state index in [4.69, 9.17) is 9.47 Å². The van der Waals surface area contributed by atoms with Gasteiger partial charge in [0.15, 0.2) is 17.8 Å². The van der Waals surface area contributed by atoms with Gasteiger partial charge in [-0.2, -0.15) is 0 Å². The zero-order valence-electron chi connectivity index (χ0n) is 19.6. The lowest BCUT2D eigenvalue weighted by Crippen LogP contribution is -2.10. The summed E-state index contributed by atoms with van der Waals surface area (Å²) in [6, 6.07) is 21.9. The van der Waals surface area contributed by atoms with Crippen LogP contribution < -0.4 is 9.47 Å². The largest absolute Gasteiger partial charge is 0.504 e. The Morgan fingerprint density at radius 3 is 2.06 bits per heavy atom. The summed E-state index contributed by atoms with van der Waals surface area (Å²) in [5, 5.41) is 12.7. The number of phenolic OH excluding ortho intramolecular Hbond substituents is 1. The number of ether oxygens (including phenoxy) is 2. The van der Waals surface area contributed by atoms with Crippen LogP contribution in [0, 0.1) is 0 Å². The van der Waals surface area contributed by atoms with Gasteiger partial charge in [0.1, 0.15) is 0 Å². The second-order valence-corrected chi connectivity index (χ2v) is 9.07. The molecule has 168 valence electrons. The fraction of sp³-hybridized carbons (Fsp3) is 0.207. The molecule has 0 radical (unpaired) electrons. The number of benzene rings is 4. The lowest BCUT2D eigenvalue weighted by molar-refractivity contribution is 0.112. The van der Waals surface area contributed by atoms with E-state index in [2.05, 4.69) is 51.1 Å². The van der Waals surface area contributed by atoms with Crippen LogP contribution >= 0.6 is 0 Å². The SMILES string of the molecule is COc1ccc(-c2ccc3c(-c4ccc(C(C)(C)C)cc4)cccc3c2C=O)c(O)c1OC. The number of phenols is 1. The summed E-state index contributed by atoms with van der Waals surface area (Å²) in [6.45, 7) is 6.59. The number of hydrogen-bond donors (Lipinski definition) is 1. The molecule has 0 saturated heterocycles. The third-order valence-corrected chi connectivity index (χ3v) is 6.09. The highest BCUT2D eigenvalue weighted by Gasteiger charge is 2.20. The molecule has 0 saturated carbocycles. The summed E-state index contributed by atoms with van der Waals surface area (Å²) in [5.74, 6) is 0.598. The molecular weight excluding hydrogens is 412 g/mol. The number of methoxy groups -OCH3 is 2. The molecule has 0 aliphatic carbocycles. The van der Waals surface area contributed by atoms with Gasteiger partial charge in [-0.3, -0.25) is 4.79 Å². The predicted molar refractivity (Wildman–Crippen MR) is 134 cm³/mol. The van der Waals surface area contributed by atoms with Crippen LogP contribution in [0.4, 0.5) is 0 Å². The highest BCUT2D eigenvalue weighted by atomic mass is 16.5. The van der Waals surface area contributed by atoms with Gasteiger partial charge in [0.25, 0.3) is 0 Å². The normalized spacial score (nSPS) is 11.4. The average Bonchev–Trinajstić information content (AvgIpc) is 2.82. The molecule has 4 aromatic rings. The van der Waals surface area contributed by atoms with Crippen molar-refractivity contribution in [2.45, 2.75) is 26.2 Å². The summed E-state index contributed by atoms with van der Waals surface area (Å²) in [7, 11) is 2.99. The standard InChI is InChI=1S/C29H28O4/c1-29(2,3)19-11-9-18(10-12-19)20-7-6-8-21-22(20)13-14-23(25(21)17-30)24-15-16-26(32-4)28(33-5)27(24)31/h6-17,31H,1-5H3. The second kappa shape index (κ2) is 8.62. The molecular formula is C29H28O4. The number of aromatic hydroxyl groups is 1. The summed E-state index contributed by atoms with van der Waals surface area (Å²) < 4.78 is 10.6. The molecule has 0 fully saturated rings. The van der Waals surface area contributed by atoms with E-state index in [1.807, 2.05) is 24.3 Å². The van der Waals surface area contributed by atoms with Crippen molar-refractivity contribution in [2.75, 3.05) is 14.2 Å². The number of aldehydes is 1. The zero-order valence-corrected chi connectivity index (χ0v) is 19.6. The number of fused-ring (bicyclic) bond motifs is 1. The minimum Gasteiger partial charge on any atom is -0.504 e. The molecule has 0 heterocycles. The first kappa shape index (κ1) is 22.4. The van der Waals surface area contributed by atoms with Crippen molar-refractivity contribution in [3.8, 4) is 39.5 Å². The Labute approximate surface area is 194 Å². The Bertz CT molecular complexity index is 1330. The first-order valence-electron chi connectivity index (χ1n) is 10.9. The summed E-state index contributed by atoms with van der Waals surface area (Å²) in [5.41, 5.74) is 5.16. The summed E-state index contributed by atoms with van der Waals surface area (Å²) in [4.78, 5) is 12.3. The van der Waals surface area contributed by atoms with Crippen LogP contribution in [0.15, 0.2) is 66.7 Å². The third-order valence-electron chi connectivity index (χ3n) is 6.09. The molecule has 0 spiro atoms. The lowest BCUT2D eigenvalue weighted by Gasteiger charge is -2.19. The number of hydrogen-bond acceptors (Lipinski definition) is 4. The number of carbonyl (C=O) groups is 1. The topological polar surface area (TPSA) is 55.8 Å². The van der Waals surface area contributed by atoms with E-state index in [1.54, 1.807) is 12.1 Å². The molecule has 0 atom stereocenters. The first-order valence-corrected chi connectivity index (χ1v) is 10.9. The van der Waals surface area contributed by atoms with E-state index < -0.39 is 0 Å². The van der Waals surface area contributed by atoms with E-state index >= 15 is 0 Å². The Kier molecular flexibility index (Phi) is 5.86. The minimum atomic E-state index is -0.0618. The van der Waals surface area contributed by atoms with Crippen LogP contribution in [-0.2, 0) is 5.41 Å². The average molecular weight is 441 g/mol. The van der Waals surface area contributed by atoms with Gasteiger partial charge in [-0.05, 0) is 50.6 Å². The smallest absolute Gasteiger partial charge is 0.203 e. The van der Waals surface area contributed by atoms with Crippen molar-refractivity contribution >= 4 is 17.1 Å². The molecule has 0 unspecified atom stereocenters. The van der Waals surface area contributed by atoms with Crippen LogP contribution in [0.5, 0.6) is 17.2 Å². The van der Waals surface area contributed by atoms with Crippen molar-refractivity contribution in [2.24, 2.45) is 0 Å². The lowest BCUT2D eigenvalue weighted by atomic mass is 9.85. The van der Waals surface area contributed by atoms with Gasteiger partial charge >= 0.3 is 0 Å². The molecule has 0 amide bonds. The highest BCUT2D eigenvalue weighted by Crippen LogP contribution is 2.45. The molecule has 4 rings (SSSR count). The molecule has 0 aliphatic rings. The van der Waals surface area contributed by atoms with Crippen molar-refractivity contribution < 1.29 is 19.4 Å². The number of rotatable bonds is 5. The van der Waals surface area contributed by atoms with Gasteiger partial charge in [-0.15, -0.1) is 0 Å². The quantitative estimate of drug-likeness (QED) is 0.339. The maximum atomic E-state index is 12.3. The van der Waals surface area contributed by atoms with E-state index in [1.165, 1.54) is 19.8 Å². The Hall–Kier alpha value is -3.79. The molecule has 33 heavy (non-hydrogen) atoms. The predicted octanol–water partition coefficient (Wildman–Crippen LogP) is 7.01. The van der Waals surface area contributed by atoms with E-state index in [0.717, 1.165) is 28.2 Å². The van der Waals surface area contributed by atoms with E-state index in [9.17, 15) is 9.90 Å². The molecule has 0 aromatic heterocycles. The van der Waals surface area contributed by atoms with E-state index in [0.29, 0.717) is 22.4 Å². The fourth-order valence-electron chi connectivity index (χ4n) is 4.27. The van der Waals surface area contributed by atoms with Gasteiger partial charge in [-0.1, -0.05) is 75.4 Å². The molecule has 4 aromatic carbocycles. The van der Waals surface area contributed by atoms with Crippen LogP contribution in [0.3, 0.4) is 0 Å². The van der Waals surface area contributed by atoms with Crippen molar-refractivity contribution in [3.05, 3.63) is 77.9 Å². The van der Waals surface area contributed by atoms with Crippen molar-refractivity contribution in [1.82, 2.24) is 0 Å². The van der Waals surface area contributed by atoms with Crippen LogP contribution in [-0.4, -0.2) is 25.6 Å².